The van der Waals surface area contributed by atoms with E-state index in [2.05, 4.69) is 24.3 Å². The van der Waals surface area contributed by atoms with Crippen molar-refractivity contribution in [1.29, 1.82) is 0 Å². The van der Waals surface area contributed by atoms with Crippen LogP contribution in [-0.2, 0) is 7.05 Å². The van der Waals surface area contributed by atoms with E-state index in [1.807, 2.05) is 41.9 Å². The molecule has 3 rings (SSSR count). The van der Waals surface area contributed by atoms with Crippen molar-refractivity contribution in [2.75, 3.05) is 0 Å². The van der Waals surface area contributed by atoms with Gasteiger partial charge in [0.1, 0.15) is 0 Å². The van der Waals surface area contributed by atoms with Crippen LogP contribution in [-0.4, -0.2) is 4.57 Å². The molecule has 1 aromatic heterocycles. The lowest BCUT2D eigenvalue weighted by Crippen LogP contribution is -1.81. The van der Waals surface area contributed by atoms with Crippen LogP contribution < -0.4 is 0 Å². The molecule has 0 aliphatic heterocycles. The molecule has 1 nitrogen and oxygen atoms in total. The molecule has 17 heavy (non-hydrogen) atoms. The molecule has 3 aromatic rings. The summed E-state index contributed by atoms with van der Waals surface area (Å²) >= 11 is 1.66. The Balaban J connectivity index is 2.15. The largest absolute Gasteiger partial charge is 0.349 e. The van der Waals surface area contributed by atoms with Crippen molar-refractivity contribution in [3.63, 3.8) is 0 Å². The van der Waals surface area contributed by atoms with E-state index in [4.69, 9.17) is 1.37 Å². The summed E-state index contributed by atoms with van der Waals surface area (Å²) in [5.74, 6) is 0. The molecule has 0 bridgehead atoms. The van der Waals surface area contributed by atoms with Gasteiger partial charge in [-0.25, -0.2) is 0 Å². The van der Waals surface area contributed by atoms with Gasteiger partial charge < -0.3 is 4.57 Å². The van der Waals surface area contributed by atoms with E-state index in [1.165, 1.54) is 4.90 Å². The third-order valence-electron chi connectivity index (χ3n) is 2.74. The SMILES string of the molecule is [2H]c1c(Sc2ccccc2)c2ccccc2n1C. The van der Waals surface area contributed by atoms with Crippen molar-refractivity contribution in [2.24, 2.45) is 7.05 Å². The standard InChI is InChI=1S/C15H13NS/c1-16-11-15(13-9-5-6-10-14(13)16)17-12-7-3-2-4-8-12/h2-11H,1H3/i11D. The molecular weight excluding hydrogens is 226 g/mol. The highest BCUT2D eigenvalue weighted by atomic mass is 32.2. The monoisotopic (exact) mass is 240 g/mol. The number of rotatable bonds is 2. The number of para-hydroxylation sites is 1. The van der Waals surface area contributed by atoms with Gasteiger partial charge in [0, 0.05) is 33.9 Å². The molecule has 2 aromatic carbocycles. The molecule has 0 aliphatic carbocycles. The summed E-state index contributed by atoms with van der Waals surface area (Å²) in [6.07, 6.45) is 0.574. The van der Waals surface area contributed by atoms with Crippen LogP contribution in [0.25, 0.3) is 10.9 Å². The van der Waals surface area contributed by atoms with Gasteiger partial charge in [0.2, 0.25) is 0 Å². The minimum absolute atomic E-state index is 0.574. The van der Waals surface area contributed by atoms with E-state index in [0.29, 0.717) is 6.17 Å². The Hall–Kier alpha value is -1.67. The first-order valence-electron chi connectivity index (χ1n) is 6.04. The molecular formula is C15H13NS. The second-order valence-corrected chi connectivity index (χ2v) is 5.02. The highest BCUT2D eigenvalue weighted by Gasteiger charge is 2.06. The zero-order valence-electron chi connectivity index (χ0n) is 10.6. The van der Waals surface area contributed by atoms with Gasteiger partial charge in [-0.1, -0.05) is 48.2 Å². The fraction of sp³-hybridized carbons (Fsp3) is 0.0667. The van der Waals surface area contributed by atoms with Crippen LogP contribution in [0, 0.1) is 0 Å². The number of fused-ring (bicyclic) bond motifs is 1. The molecule has 1 heterocycles. The van der Waals surface area contributed by atoms with Gasteiger partial charge in [-0.05, 0) is 18.2 Å². The summed E-state index contributed by atoms with van der Waals surface area (Å²) in [5, 5.41) is 1.15. The first-order valence-corrected chi connectivity index (χ1v) is 6.36. The minimum atomic E-state index is 0.574. The van der Waals surface area contributed by atoms with Crippen LogP contribution in [0.15, 0.2) is 70.6 Å². The maximum Gasteiger partial charge on any atom is 0.0830 e. The topological polar surface area (TPSA) is 4.93 Å². The van der Waals surface area contributed by atoms with E-state index in [9.17, 15) is 0 Å². The molecule has 0 saturated heterocycles. The van der Waals surface area contributed by atoms with Crippen molar-refractivity contribution in [1.82, 2.24) is 4.57 Å². The van der Waals surface area contributed by atoms with E-state index in [0.717, 1.165) is 15.8 Å². The van der Waals surface area contributed by atoms with Crippen LogP contribution in [0.3, 0.4) is 0 Å². The van der Waals surface area contributed by atoms with Crippen molar-refractivity contribution in [2.45, 2.75) is 9.79 Å². The van der Waals surface area contributed by atoms with Crippen LogP contribution >= 0.6 is 11.8 Å². The van der Waals surface area contributed by atoms with E-state index in [-0.39, 0.29) is 0 Å². The fourth-order valence-corrected chi connectivity index (χ4v) is 2.91. The molecule has 0 atom stereocenters. The maximum atomic E-state index is 8.22. The first-order chi connectivity index (χ1) is 8.77. The summed E-state index contributed by atoms with van der Waals surface area (Å²) in [6, 6.07) is 18.4. The van der Waals surface area contributed by atoms with Crippen LogP contribution in [0.1, 0.15) is 1.37 Å². The van der Waals surface area contributed by atoms with Gasteiger partial charge in [-0.3, -0.25) is 0 Å². The summed E-state index contributed by atoms with van der Waals surface area (Å²) in [7, 11) is 1.94. The van der Waals surface area contributed by atoms with Crippen molar-refractivity contribution >= 4 is 22.7 Å². The molecule has 2 heteroatoms. The number of aromatic nitrogens is 1. The van der Waals surface area contributed by atoms with E-state index >= 15 is 0 Å². The second kappa shape index (κ2) is 4.30. The van der Waals surface area contributed by atoms with Crippen molar-refractivity contribution in [3.05, 3.63) is 60.8 Å². The highest BCUT2D eigenvalue weighted by Crippen LogP contribution is 2.34. The molecule has 84 valence electrons. The van der Waals surface area contributed by atoms with Crippen LogP contribution in [0.5, 0.6) is 0 Å². The van der Waals surface area contributed by atoms with Gasteiger partial charge in [0.05, 0.1) is 1.37 Å². The first kappa shape index (κ1) is 9.37. The Bertz CT molecular complexity index is 688. The third-order valence-corrected chi connectivity index (χ3v) is 3.77. The zero-order chi connectivity index (χ0) is 12.5. The Kier molecular flexibility index (Phi) is 2.37. The molecule has 0 fully saturated rings. The Labute approximate surface area is 106 Å². The van der Waals surface area contributed by atoms with Gasteiger partial charge >= 0.3 is 0 Å². The number of nitrogens with zero attached hydrogens (tertiary/aromatic N) is 1. The van der Waals surface area contributed by atoms with Crippen molar-refractivity contribution in [3.8, 4) is 0 Å². The number of hydrogen-bond acceptors (Lipinski definition) is 1. The van der Waals surface area contributed by atoms with Gasteiger partial charge in [0.25, 0.3) is 0 Å². The number of benzene rings is 2. The summed E-state index contributed by atoms with van der Waals surface area (Å²) in [4.78, 5) is 2.20. The Morgan fingerprint density at radius 3 is 2.53 bits per heavy atom. The molecule has 0 amide bonds. The number of aryl methyl sites for hydroxylation is 1. The summed E-state index contributed by atoms with van der Waals surface area (Å²) < 4.78 is 10.1. The van der Waals surface area contributed by atoms with Gasteiger partial charge in [-0.2, -0.15) is 0 Å². The summed E-state index contributed by atoms with van der Waals surface area (Å²) in [6.45, 7) is 0. The molecule has 0 unspecified atom stereocenters. The Morgan fingerprint density at radius 1 is 1.00 bits per heavy atom. The molecule has 0 spiro atoms. The summed E-state index contributed by atoms with van der Waals surface area (Å²) in [5.41, 5.74) is 1.11. The molecule has 0 aliphatic rings. The van der Waals surface area contributed by atoms with Crippen molar-refractivity contribution < 1.29 is 1.37 Å². The van der Waals surface area contributed by atoms with Crippen LogP contribution in [0.4, 0.5) is 0 Å². The smallest absolute Gasteiger partial charge is 0.0830 e. The van der Waals surface area contributed by atoms with Crippen LogP contribution in [0.2, 0.25) is 0 Å². The number of hydrogen-bond donors (Lipinski definition) is 0. The second-order valence-electron chi connectivity index (χ2n) is 3.93. The van der Waals surface area contributed by atoms with Gasteiger partial charge in [-0.15, -0.1) is 0 Å². The highest BCUT2D eigenvalue weighted by molar-refractivity contribution is 7.99. The lowest BCUT2D eigenvalue weighted by Gasteiger charge is -1.98. The predicted molar refractivity (Wildman–Crippen MR) is 73.5 cm³/mol. The van der Waals surface area contributed by atoms with Gasteiger partial charge in [0.15, 0.2) is 0 Å². The Morgan fingerprint density at radius 2 is 1.71 bits per heavy atom. The fourth-order valence-electron chi connectivity index (χ4n) is 1.92. The third kappa shape index (κ3) is 1.96. The van der Waals surface area contributed by atoms with E-state index < -0.39 is 0 Å². The lowest BCUT2D eigenvalue weighted by molar-refractivity contribution is 0.957. The quantitative estimate of drug-likeness (QED) is 0.645. The molecule has 0 saturated carbocycles. The van der Waals surface area contributed by atoms with E-state index in [1.54, 1.807) is 11.8 Å². The average molecular weight is 240 g/mol. The predicted octanol–water partition coefficient (Wildman–Crippen LogP) is 4.33. The molecule has 0 N–H and O–H groups in total. The normalized spacial score (nSPS) is 11.7. The molecule has 0 radical (unpaired) electrons. The average Bonchev–Trinajstić information content (AvgIpc) is 2.66. The lowest BCUT2D eigenvalue weighted by atomic mass is 10.2. The maximum absolute atomic E-state index is 8.22. The zero-order valence-corrected chi connectivity index (χ0v) is 10.4. The minimum Gasteiger partial charge on any atom is -0.349 e.